The number of carboxylic acid groups (broad SMARTS) is 1. The van der Waals surface area contributed by atoms with Crippen LogP contribution >= 0.6 is 0 Å². The van der Waals surface area contributed by atoms with E-state index in [0.29, 0.717) is 13.0 Å². The molecule has 3 N–H and O–H groups in total. The van der Waals surface area contributed by atoms with Gasteiger partial charge in [0.1, 0.15) is 12.4 Å². The van der Waals surface area contributed by atoms with Gasteiger partial charge in [-0.05, 0) is 36.1 Å². The van der Waals surface area contributed by atoms with Gasteiger partial charge in [0, 0.05) is 6.42 Å². The van der Waals surface area contributed by atoms with Gasteiger partial charge in [-0.15, -0.1) is 6.58 Å². The lowest BCUT2D eigenvalue weighted by Crippen LogP contribution is -2.40. The first-order valence-corrected chi connectivity index (χ1v) is 9.51. The molecule has 2 aromatic carbocycles. The van der Waals surface area contributed by atoms with Crippen LogP contribution in [0.4, 0.5) is 0 Å². The molecule has 29 heavy (non-hydrogen) atoms. The molecule has 2 rings (SSSR count). The Labute approximate surface area is 170 Å². The Hall–Kier alpha value is -3.12. The van der Waals surface area contributed by atoms with Crippen LogP contribution in [0.1, 0.15) is 24.0 Å². The van der Waals surface area contributed by atoms with Gasteiger partial charge in [0.15, 0.2) is 0 Å². The molecule has 154 valence electrons. The summed E-state index contributed by atoms with van der Waals surface area (Å²) in [6.07, 6.45) is 1.98. The first-order chi connectivity index (χ1) is 14.0. The van der Waals surface area contributed by atoms with E-state index < -0.39 is 23.8 Å². The van der Waals surface area contributed by atoms with E-state index in [2.05, 4.69) is 11.9 Å². The van der Waals surface area contributed by atoms with E-state index in [0.717, 1.165) is 16.9 Å². The lowest BCUT2D eigenvalue weighted by atomic mass is 10.0. The molecule has 0 saturated carbocycles. The van der Waals surface area contributed by atoms with Gasteiger partial charge in [0.25, 0.3) is 0 Å². The lowest BCUT2D eigenvalue weighted by Gasteiger charge is -2.18. The topological polar surface area (TPSA) is 95.9 Å². The van der Waals surface area contributed by atoms with Crippen LogP contribution in [-0.4, -0.2) is 34.7 Å². The van der Waals surface area contributed by atoms with Gasteiger partial charge in [-0.1, -0.05) is 48.5 Å². The summed E-state index contributed by atoms with van der Waals surface area (Å²) in [5.74, 6) is -1.52. The number of carbonyl (C=O) groups is 2. The molecule has 6 heteroatoms. The zero-order chi connectivity index (χ0) is 21.1. The minimum absolute atomic E-state index is 0.149. The second-order valence-electron chi connectivity index (χ2n) is 6.83. The van der Waals surface area contributed by atoms with Gasteiger partial charge in [-0.3, -0.25) is 9.59 Å². The minimum Gasteiger partial charge on any atom is -0.489 e. The van der Waals surface area contributed by atoms with Gasteiger partial charge < -0.3 is 20.3 Å². The van der Waals surface area contributed by atoms with Crippen LogP contribution in [0.15, 0.2) is 67.3 Å². The van der Waals surface area contributed by atoms with Crippen LogP contribution in [0.2, 0.25) is 0 Å². The number of ether oxygens (including phenoxy) is 1. The van der Waals surface area contributed by atoms with Crippen molar-refractivity contribution in [1.29, 1.82) is 0 Å². The second-order valence-corrected chi connectivity index (χ2v) is 6.83. The number of hydrogen-bond donors (Lipinski definition) is 3. The summed E-state index contributed by atoms with van der Waals surface area (Å²) < 4.78 is 5.75. The van der Waals surface area contributed by atoms with E-state index >= 15 is 0 Å². The number of nitrogens with one attached hydrogen (secondary N) is 1. The van der Waals surface area contributed by atoms with E-state index in [1.807, 2.05) is 54.6 Å². The van der Waals surface area contributed by atoms with Crippen molar-refractivity contribution < 1.29 is 24.5 Å². The molecule has 0 saturated heterocycles. The molecular formula is C23H27NO5. The van der Waals surface area contributed by atoms with Crippen LogP contribution in [0.25, 0.3) is 0 Å². The highest BCUT2D eigenvalue weighted by atomic mass is 16.5. The van der Waals surface area contributed by atoms with Gasteiger partial charge in [0.05, 0.1) is 18.6 Å². The average molecular weight is 397 g/mol. The maximum absolute atomic E-state index is 12.1. The van der Waals surface area contributed by atoms with Crippen LogP contribution in [0, 0.1) is 5.92 Å². The minimum atomic E-state index is -1.04. The SMILES string of the molecule is C=CC[C@@H](CC(=O)N[C@H](CO)Cc1ccc(OCc2ccccc2)cc1)C(=O)O. The summed E-state index contributed by atoms with van der Waals surface area (Å²) in [7, 11) is 0. The molecule has 0 aromatic heterocycles. The van der Waals surface area contributed by atoms with Crippen molar-refractivity contribution in [3.63, 3.8) is 0 Å². The summed E-state index contributed by atoms with van der Waals surface area (Å²) in [6.45, 7) is 3.75. The van der Waals surface area contributed by atoms with Crippen LogP contribution in [-0.2, 0) is 22.6 Å². The Balaban J connectivity index is 1.85. The lowest BCUT2D eigenvalue weighted by molar-refractivity contribution is -0.144. The fourth-order valence-corrected chi connectivity index (χ4v) is 2.89. The third-order valence-corrected chi connectivity index (χ3v) is 4.47. The average Bonchev–Trinajstić information content (AvgIpc) is 2.73. The Bertz CT molecular complexity index is 789. The van der Waals surface area contributed by atoms with Crippen molar-refractivity contribution in [2.75, 3.05) is 6.61 Å². The quantitative estimate of drug-likeness (QED) is 0.479. The van der Waals surface area contributed by atoms with Crippen LogP contribution < -0.4 is 10.1 Å². The van der Waals surface area contributed by atoms with Gasteiger partial charge in [-0.25, -0.2) is 0 Å². The van der Waals surface area contributed by atoms with E-state index in [4.69, 9.17) is 9.84 Å². The third kappa shape index (κ3) is 7.79. The van der Waals surface area contributed by atoms with Crippen LogP contribution in [0.5, 0.6) is 5.75 Å². The monoisotopic (exact) mass is 397 g/mol. The maximum Gasteiger partial charge on any atom is 0.307 e. The molecule has 0 aliphatic heterocycles. The van der Waals surface area contributed by atoms with Crippen molar-refractivity contribution in [3.8, 4) is 5.75 Å². The predicted molar refractivity (Wildman–Crippen MR) is 110 cm³/mol. The number of rotatable bonds is 12. The number of allylic oxidation sites excluding steroid dienone is 1. The zero-order valence-electron chi connectivity index (χ0n) is 16.3. The van der Waals surface area contributed by atoms with Crippen molar-refractivity contribution in [3.05, 3.63) is 78.4 Å². The van der Waals surface area contributed by atoms with E-state index in [-0.39, 0.29) is 19.4 Å². The molecule has 0 aliphatic carbocycles. The molecule has 0 heterocycles. The number of carbonyl (C=O) groups excluding carboxylic acids is 1. The van der Waals surface area contributed by atoms with E-state index in [9.17, 15) is 14.7 Å². The van der Waals surface area contributed by atoms with E-state index in [1.165, 1.54) is 6.08 Å². The van der Waals surface area contributed by atoms with Crippen molar-refractivity contribution in [2.24, 2.45) is 5.92 Å². The van der Waals surface area contributed by atoms with Crippen molar-refractivity contribution >= 4 is 11.9 Å². The number of aliphatic hydroxyl groups excluding tert-OH is 1. The summed E-state index contributed by atoms with van der Waals surface area (Å²) in [6, 6.07) is 16.8. The highest BCUT2D eigenvalue weighted by Crippen LogP contribution is 2.16. The normalized spacial score (nSPS) is 12.6. The maximum atomic E-state index is 12.1. The van der Waals surface area contributed by atoms with Crippen molar-refractivity contribution in [2.45, 2.75) is 31.9 Å². The largest absolute Gasteiger partial charge is 0.489 e. The molecule has 2 atom stereocenters. The summed E-state index contributed by atoms with van der Waals surface area (Å²) in [5, 5.41) is 21.4. The molecule has 0 bridgehead atoms. The Morgan fingerprint density at radius 2 is 1.76 bits per heavy atom. The summed E-state index contributed by atoms with van der Waals surface area (Å²) >= 11 is 0. The highest BCUT2D eigenvalue weighted by Gasteiger charge is 2.21. The molecule has 0 unspecified atom stereocenters. The van der Waals surface area contributed by atoms with Gasteiger partial charge in [-0.2, -0.15) is 0 Å². The Kier molecular flexibility index (Phi) is 8.92. The second kappa shape index (κ2) is 11.7. The Morgan fingerprint density at radius 3 is 2.34 bits per heavy atom. The molecule has 2 aromatic rings. The van der Waals surface area contributed by atoms with Gasteiger partial charge in [0.2, 0.25) is 5.91 Å². The number of hydrogen-bond acceptors (Lipinski definition) is 4. The molecular weight excluding hydrogens is 370 g/mol. The molecule has 0 radical (unpaired) electrons. The van der Waals surface area contributed by atoms with E-state index in [1.54, 1.807) is 0 Å². The Morgan fingerprint density at radius 1 is 1.07 bits per heavy atom. The fraction of sp³-hybridized carbons (Fsp3) is 0.304. The number of benzene rings is 2. The molecule has 6 nitrogen and oxygen atoms in total. The van der Waals surface area contributed by atoms with Crippen LogP contribution in [0.3, 0.4) is 0 Å². The van der Waals surface area contributed by atoms with Gasteiger partial charge >= 0.3 is 5.97 Å². The number of aliphatic carboxylic acids is 1. The molecule has 0 fully saturated rings. The summed E-state index contributed by atoms with van der Waals surface area (Å²) in [4.78, 5) is 23.3. The first-order valence-electron chi connectivity index (χ1n) is 9.51. The predicted octanol–water partition coefficient (Wildman–Crippen LogP) is 2.95. The molecule has 1 amide bonds. The third-order valence-electron chi connectivity index (χ3n) is 4.47. The van der Waals surface area contributed by atoms with Crippen molar-refractivity contribution in [1.82, 2.24) is 5.32 Å². The fourth-order valence-electron chi connectivity index (χ4n) is 2.89. The molecule has 0 aliphatic rings. The zero-order valence-corrected chi connectivity index (χ0v) is 16.3. The first kappa shape index (κ1) is 22.2. The highest BCUT2D eigenvalue weighted by molar-refractivity contribution is 5.82. The standard InChI is InChI=1S/C23H27NO5/c1-2-6-19(23(27)28)14-22(26)24-20(15-25)13-17-9-11-21(12-10-17)29-16-18-7-4-3-5-8-18/h2-5,7-12,19-20,25H,1,6,13-16H2,(H,24,26)(H,27,28)/t19-,20-/m0/s1. The smallest absolute Gasteiger partial charge is 0.307 e. The summed E-state index contributed by atoms with van der Waals surface area (Å²) in [5.41, 5.74) is 2.01. The number of aliphatic hydroxyl groups is 1. The molecule has 0 spiro atoms. The number of carboxylic acids is 1. The number of amides is 1.